The molecule has 0 aliphatic heterocycles. The summed E-state index contributed by atoms with van der Waals surface area (Å²) < 4.78 is 0. The Kier molecular flexibility index (Phi) is 3.62. The van der Waals surface area contributed by atoms with Gasteiger partial charge in [-0.25, -0.2) is 0 Å². The molecule has 5 heteroatoms. The second kappa shape index (κ2) is 5.18. The number of hydrogen-bond acceptors (Lipinski definition) is 3. The minimum absolute atomic E-state index is 0.0602. The summed E-state index contributed by atoms with van der Waals surface area (Å²) in [6.07, 6.45) is 1.83. The lowest BCUT2D eigenvalue weighted by Crippen LogP contribution is -2.34. The fraction of sp³-hybridized carbons (Fsp3) is 0.385. The first-order valence-corrected chi connectivity index (χ1v) is 5.98. The SMILES string of the molecule is CC(O)CC(C)NC(=O)c1ccc2cn[nH]c2c1. The van der Waals surface area contributed by atoms with Gasteiger partial charge in [0.25, 0.3) is 5.91 Å². The molecule has 2 atom stereocenters. The van der Waals surface area contributed by atoms with Gasteiger partial charge in [-0.05, 0) is 32.4 Å². The lowest BCUT2D eigenvalue weighted by molar-refractivity contribution is 0.0923. The molecular weight excluding hydrogens is 230 g/mol. The van der Waals surface area contributed by atoms with Crippen molar-refractivity contribution in [2.75, 3.05) is 0 Å². The van der Waals surface area contributed by atoms with Crippen LogP contribution >= 0.6 is 0 Å². The molecule has 1 aromatic heterocycles. The molecule has 2 aromatic rings. The lowest BCUT2D eigenvalue weighted by Gasteiger charge is -2.15. The Morgan fingerprint density at radius 3 is 3.00 bits per heavy atom. The van der Waals surface area contributed by atoms with Gasteiger partial charge in [-0.15, -0.1) is 0 Å². The first-order valence-electron chi connectivity index (χ1n) is 5.98. The molecule has 0 radical (unpaired) electrons. The summed E-state index contributed by atoms with van der Waals surface area (Å²) in [5.74, 6) is -0.139. The second-order valence-electron chi connectivity index (χ2n) is 4.63. The molecule has 0 aliphatic carbocycles. The first kappa shape index (κ1) is 12.6. The zero-order chi connectivity index (χ0) is 13.1. The maximum absolute atomic E-state index is 12.0. The topological polar surface area (TPSA) is 78.0 Å². The molecule has 1 aromatic carbocycles. The van der Waals surface area contributed by atoms with Crippen molar-refractivity contribution in [3.8, 4) is 0 Å². The van der Waals surface area contributed by atoms with E-state index in [0.717, 1.165) is 10.9 Å². The molecule has 96 valence electrons. The quantitative estimate of drug-likeness (QED) is 0.765. The molecule has 0 saturated heterocycles. The Balaban J connectivity index is 2.08. The van der Waals surface area contributed by atoms with Crippen LogP contribution in [0.1, 0.15) is 30.6 Å². The molecule has 1 heterocycles. The number of H-pyrrole nitrogens is 1. The molecule has 18 heavy (non-hydrogen) atoms. The highest BCUT2D eigenvalue weighted by atomic mass is 16.3. The second-order valence-corrected chi connectivity index (χ2v) is 4.63. The molecule has 0 fully saturated rings. The van der Waals surface area contributed by atoms with Crippen LogP contribution in [0.25, 0.3) is 10.9 Å². The highest BCUT2D eigenvalue weighted by molar-refractivity contribution is 5.97. The van der Waals surface area contributed by atoms with Gasteiger partial charge in [0.2, 0.25) is 0 Å². The van der Waals surface area contributed by atoms with E-state index in [2.05, 4.69) is 15.5 Å². The third-order valence-corrected chi connectivity index (χ3v) is 2.78. The molecule has 0 saturated carbocycles. The number of aromatic nitrogens is 2. The van der Waals surface area contributed by atoms with Gasteiger partial charge >= 0.3 is 0 Å². The van der Waals surface area contributed by atoms with Crippen molar-refractivity contribution in [2.45, 2.75) is 32.4 Å². The van der Waals surface area contributed by atoms with Gasteiger partial charge in [0, 0.05) is 17.0 Å². The molecule has 1 amide bonds. The summed E-state index contributed by atoms with van der Waals surface area (Å²) in [5, 5.41) is 19.8. The minimum atomic E-state index is -0.421. The summed E-state index contributed by atoms with van der Waals surface area (Å²) in [6, 6.07) is 5.33. The summed E-state index contributed by atoms with van der Waals surface area (Å²) in [7, 11) is 0. The number of nitrogens with zero attached hydrogens (tertiary/aromatic N) is 1. The van der Waals surface area contributed by atoms with E-state index in [9.17, 15) is 9.90 Å². The van der Waals surface area contributed by atoms with E-state index < -0.39 is 6.10 Å². The summed E-state index contributed by atoms with van der Waals surface area (Å²) in [6.45, 7) is 3.58. The van der Waals surface area contributed by atoms with E-state index in [0.29, 0.717) is 12.0 Å². The largest absolute Gasteiger partial charge is 0.393 e. The summed E-state index contributed by atoms with van der Waals surface area (Å²) in [5.41, 5.74) is 1.43. The van der Waals surface area contributed by atoms with Crippen molar-refractivity contribution in [3.05, 3.63) is 30.0 Å². The van der Waals surface area contributed by atoms with Crippen LogP contribution in [0.3, 0.4) is 0 Å². The first-order chi connectivity index (χ1) is 8.56. The standard InChI is InChI=1S/C13H17N3O2/c1-8(5-9(2)17)15-13(18)10-3-4-11-7-14-16-12(11)6-10/h3-4,6-9,17H,5H2,1-2H3,(H,14,16)(H,15,18). The molecule has 2 unspecified atom stereocenters. The normalized spacial score (nSPS) is 14.4. The number of benzene rings is 1. The van der Waals surface area contributed by atoms with Crippen molar-refractivity contribution < 1.29 is 9.90 Å². The molecule has 0 aliphatic rings. The number of hydrogen-bond donors (Lipinski definition) is 3. The number of amides is 1. The van der Waals surface area contributed by atoms with Crippen molar-refractivity contribution in [3.63, 3.8) is 0 Å². The monoisotopic (exact) mass is 247 g/mol. The molecule has 0 spiro atoms. The van der Waals surface area contributed by atoms with E-state index in [4.69, 9.17) is 0 Å². The van der Waals surface area contributed by atoms with E-state index in [-0.39, 0.29) is 11.9 Å². The minimum Gasteiger partial charge on any atom is -0.393 e. The Labute approximate surface area is 105 Å². The van der Waals surface area contributed by atoms with Crippen molar-refractivity contribution in [2.24, 2.45) is 0 Å². The van der Waals surface area contributed by atoms with Gasteiger partial charge < -0.3 is 10.4 Å². The van der Waals surface area contributed by atoms with Gasteiger partial charge in [0.1, 0.15) is 0 Å². The molecule has 3 N–H and O–H groups in total. The highest BCUT2D eigenvalue weighted by Gasteiger charge is 2.12. The fourth-order valence-corrected chi connectivity index (χ4v) is 1.96. The summed E-state index contributed by atoms with van der Waals surface area (Å²) >= 11 is 0. The van der Waals surface area contributed by atoms with Gasteiger partial charge in [0.05, 0.1) is 17.8 Å². The Hall–Kier alpha value is -1.88. The molecule has 2 rings (SSSR count). The molecular formula is C13H17N3O2. The number of aromatic amines is 1. The average molecular weight is 247 g/mol. The Bertz CT molecular complexity index is 548. The summed E-state index contributed by atoms with van der Waals surface area (Å²) in [4.78, 5) is 12.0. The third-order valence-electron chi connectivity index (χ3n) is 2.78. The smallest absolute Gasteiger partial charge is 0.251 e. The predicted octanol–water partition coefficient (Wildman–Crippen LogP) is 1.45. The van der Waals surface area contributed by atoms with E-state index >= 15 is 0 Å². The predicted molar refractivity (Wildman–Crippen MR) is 69.3 cm³/mol. The van der Waals surface area contributed by atoms with Gasteiger partial charge in [-0.2, -0.15) is 5.10 Å². The number of aliphatic hydroxyl groups is 1. The van der Waals surface area contributed by atoms with Crippen LogP contribution in [0.15, 0.2) is 24.4 Å². The van der Waals surface area contributed by atoms with E-state index in [1.165, 1.54) is 0 Å². The van der Waals surface area contributed by atoms with Crippen LogP contribution in [0.5, 0.6) is 0 Å². The van der Waals surface area contributed by atoms with Crippen molar-refractivity contribution in [1.29, 1.82) is 0 Å². The zero-order valence-corrected chi connectivity index (χ0v) is 10.5. The van der Waals surface area contributed by atoms with Gasteiger partial charge in [-0.3, -0.25) is 9.89 Å². The molecule has 0 bridgehead atoms. The molecule has 5 nitrogen and oxygen atoms in total. The zero-order valence-electron chi connectivity index (χ0n) is 10.5. The van der Waals surface area contributed by atoms with Crippen molar-refractivity contribution >= 4 is 16.8 Å². The number of carbonyl (C=O) groups excluding carboxylic acids is 1. The maximum Gasteiger partial charge on any atom is 0.251 e. The number of rotatable bonds is 4. The number of carbonyl (C=O) groups is 1. The lowest BCUT2D eigenvalue weighted by atomic mass is 10.1. The highest BCUT2D eigenvalue weighted by Crippen LogP contribution is 2.13. The van der Waals surface area contributed by atoms with Gasteiger partial charge in [0.15, 0.2) is 0 Å². The number of fused-ring (bicyclic) bond motifs is 1. The third kappa shape index (κ3) is 2.87. The average Bonchev–Trinajstić information content (AvgIpc) is 2.74. The maximum atomic E-state index is 12.0. The van der Waals surface area contributed by atoms with E-state index in [1.807, 2.05) is 13.0 Å². The van der Waals surface area contributed by atoms with Crippen LogP contribution in [-0.4, -0.2) is 33.4 Å². The van der Waals surface area contributed by atoms with E-state index in [1.54, 1.807) is 25.3 Å². The van der Waals surface area contributed by atoms with Crippen LogP contribution in [0, 0.1) is 0 Å². The van der Waals surface area contributed by atoms with Crippen LogP contribution in [0.4, 0.5) is 0 Å². The van der Waals surface area contributed by atoms with Gasteiger partial charge in [-0.1, -0.05) is 6.07 Å². The Morgan fingerprint density at radius 2 is 2.28 bits per heavy atom. The van der Waals surface area contributed by atoms with Crippen molar-refractivity contribution in [1.82, 2.24) is 15.5 Å². The Morgan fingerprint density at radius 1 is 1.50 bits per heavy atom. The van der Waals surface area contributed by atoms with Crippen LogP contribution in [-0.2, 0) is 0 Å². The number of aliphatic hydroxyl groups excluding tert-OH is 1. The van der Waals surface area contributed by atoms with Crippen LogP contribution in [0.2, 0.25) is 0 Å². The number of nitrogens with one attached hydrogen (secondary N) is 2. The fourth-order valence-electron chi connectivity index (χ4n) is 1.96. The van der Waals surface area contributed by atoms with Crippen LogP contribution < -0.4 is 5.32 Å².